The number of benzene rings is 1. The van der Waals surface area contributed by atoms with E-state index in [2.05, 4.69) is 5.10 Å². The van der Waals surface area contributed by atoms with Crippen LogP contribution in [0.3, 0.4) is 0 Å². The van der Waals surface area contributed by atoms with Crippen LogP contribution in [-0.2, 0) is 34.8 Å². The lowest BCUT2D eigenvalue weighted by Crippen LogP contribution is -2.34. The summed E-state index contributed by atoms with van der Waals surface area (Å²) in [7, 11) is -0.807. The summed E-state index contributed by atoms with van der Waals surface area (Å²) in [5.41, 5.74) is 1.76. The van der Waals surface area contributed by atoms with Crippen LogP contribution in [0.15, 0.2) is 29.3 Å². The number of hydrogen-bond acceptors (Lipinski definition) is 6. The zero-order chi connectivity index (χ0) is 18.7. The van der Waals surface area contributed by atoms with Crippen LogP contribution < -0.4 is 9.04 Å². The number of aryl methyl sites for hydroxylation is 1. The van der Waals surface area contributed by atoms with Gasteiger partial charge in [-0.15, -0.1) is 0 Å². The Labute approximate surface area is 152 Å². The first kappa shape index (κ1) is 18.2. The van der Waals surface area contributed by atoms with Gasteiger partial charge >= 0.3 is 0 Å². The molecule has 0 spiro atoms. The standard InChI is InChI=1S/C17H20N4O4S/c1-20-17(15-12-25-10-7-16(15)19-20)26(22,23)21(9-4-8-18)13-5-3-6-14(11-13)24-2/h3,5-6,11H,4,7,9-10,12H2,1-2H3. The summed E-state index contributed by atoms with van der Waals surface area (Å²) in [6.45, 7) is 0.770. The number of anilines is 1. The minimum atomic E-state index is -3.93. The molecule has 0 bridgehead atoms. The van der Waals surface area contributed by atoms with Crippen LogP contribution in [0.1, 0.15) is 17.7 Å². The average Bonchev–Trinajstić information content (AvgIpc) is 2.98. The number of methoxy groups -OCH3 is 1. The molecule has 0 radical (unpaired) electrons. The van der Waals surface area contributed by atoms with Crippen molar-refractivity contribution >= 4 is 15.7 Å². The lowest BCUT2D eigenvalue weighted by molar-refractivity contribution is 0.108. The molecule has 2 heterocycles. The van der Waals surface area contributed by atoms with E-state index in [0.717, 1.165) is 5.69 Å². The summed E-state index contributed by atoms with van der Waals surface area (Å²) in [4.78, 5) is 0. The minimum absolute atomic E-state index is 0.0345. The molecule has 1 aromatic heterocycles. The van der Waals surface area contributed by atoms with Crippen molar-refractivity contribution in [1.82, 2.24) is 9.78 Å². The van der Waals surface area contributed by atoms with Gasteiger partial charge in [0.2, 0.25) is 0 Å². The van der Waals surface area contributed by atoms with Gasteiger partial charge in [0, 0.05) is 31.6 Å². The van der Waals surface area contributed by atoms with E-state index in [-0.39, 0.29) is 24.6 Å². The maximum absolute atomic E-state index is 13.5. The number of nitriles is 1. The summed E-state index contributed by atoms with van der Waals surface area (Å²) in [5.74, 6) is 0.537. The van der Waals surface area contributed by atoms with Gasteiger partial charge in [-0.1, -0.05) is 6.07 Å². The Bertz CT molecular complexity index is 946. The second-order valence-electron chi connectivity index (χ2n) is 5.84. The number of nitrogens with zero attached hydrogens (tertiary/aromatic N) is 4. The minimum Gasteiger partial charge on any atom is -0.497 e. The van der Waals surface area contributed by atoms with Crippen molar-refractivity contribution in [3.05, 3.63) is 35.5 Å². The molecular weight excluding hydrogens is 356 g/mol. The first-order valence-corrected chi connectivity index (χ1v) is 9.59. The van der Waals surface area contributed by atoms with Crippen molar-refractivity contribution in [2.24, 2.45) is 7.05 Å². The van der Waals surface area contributed by atoms with Crippen molar-refractivity contribution < 1.29 is 17.9 Å². The van der Waals surface area contributed by atoms with Gasteiger partial charge in [0.05, 0.1) is 44.2 Å². The highest BCUT2D eigenvalue weighted by Gasteiger charge is 2.34. The third kappa shape index (κ3) is 3.25. The highest BCUT2D eigenvalue weighted by molar-refractivity contribution is 7.92. The molecule has 0 N–H and O–H groups in total. The van der Waals surface area contributed by atoms with E-state index in [1.165, 1.54) is 16.1 Å². The third-order valence-electron chi connectivity index (χ3n) is 4.20. The number of ether oxygens (including phenoxy) is 2. The predicted octanol–water partition coefficient (Wildman–Crippen LogP) is 1.61. The highest BCUT2D eigenvalue weighted by atomic mass is 32.2. The van der Waals surface area contributed by atoms with E-state index in [1.807, 2.05) is 6.07 Å². The third-order valence-corrected chi connectivity index (χ3v) is 6.18. The molecule has 0 aliphatic carbocycles. The van der Waals surface area contributed by atoms with Crippen molar-refractivity contribution in [2.75, 3.05) is 24.6 Å². The van der Waals surface area contributed by atoms with E-state index in [9.17, 15) is 8.42 Å². The van der Waals surface area contributed by atoms with Gasteiger partial charge in [-0.25, -0.2) is 0 Å². The Morgan fingerprint density at radius 1 is 1.46 bits per heavy atom. The normalized spacial score (nSPS) is 13.7. The van der Waals surface area contributed by atoms with Crippen molar-refractivity contribution in [1.29, 1.82) is 5.26 Å². The van der Waals surface area contributed by atoms with Crippen LogP contribution >= 0.6 is 0 Å². The molecule has 26 heavy (non-hydrogen) atoms. The molecule has 1 aliphatic heterocycles. The molecule has 9 heteroatoms. The number of sulfonamides is 1. The van der Waals surface area contributed by atoms with Crippen LogP contribution in [0.2, 0.25) is 0 Å². The van der Waals surface area contributed by atoms with E-state index in [4.69, 9.17) is 14.7 Å². The summed E-state index contributed by atoms with van der Waals surface area (Å²) in [6.07, 6.45) is 0.642. The fraction of sp³-hybridized carbons (Fsp3) is 0.412. The fourth-order valence-electron chi connectivity index (χ4n) is 3.03. The SMILES string of the molecule is COc1cccc(N(CCC#N)S(=O)(=O)c2c3c(nn2C)CCOC3)c1. The molecule has 0 fully saturated rings. The Hall–Kier alpha value is -2.57. The van der Waals surface area contributed by atoms with E-state index in [0.29, 0.717) is 30.0 Å². The Balaban J connectivity index is 2.11. The van der Waals surface area contributed by atoms with Gasteiger partial charge < -0.3 is 9.47 Å². The molecule has 0 unspecified atom stereocenters. The molecule has 0 saturated carbocycles. The van der Waals surface area contributed by atoms with Gasteiger partial charge in [0.25, 0.3) is 10.0 Å². The summed E-state index contributed by atoms with van der Waals surface area (Å²) < 4.78 is 40.2. The lowest BCUT2D eigenvalue weighted by atomic mass is 10.2. The quantitative estimate of drug-likeness (QED) is 0.760. The first-order valence-electron chi connectivity index (χ1n) is 8.15. The van der Waals surface area contributed by atoms with Crippen LogP contribution in [0, 0.1) is 11.3 Å². The van der Waals surface area contributed by atoms with Crippen LogP contribution in [0.25, 0.3) is 0 Å². The topological polar surface area (TPSA) is 97.5 Å². The molecule has 138 valence electrons. The summed E-state index contributed by atoms with van der Waals surface area (Å²) in [6, 6.07) is 8.76. The Morgan fingerprint density at radius 3 is 3.00 bits per heavy atom. The average molecular weight is 376 g/mol. The predicted molar refractivity (Wildman–Crippen MR) is 94.3 cm³/mol. The first-order chi connectivity index (χ1) is 12.5. The Morgan fingerprint density at radius 2 is 2.27 bits per heavy atom. The second-order valence-corrected chi connectivity index (χ2v) is 7.62. The number of fused-ring (bicyclic) bond motifs is 1. The molecule has 1 aromatic carbocycles. The Kier molecular flexibility index (Phi) is 5.15. The summed E-state index contributed by atoms with van der Waals surface area (Å²) in [5, 5.41) is 13.4. The van der Waals surface area contributed by atoms with Gasteiger partial charge in [-0.3, -0.25) is 8.99 Å². The monoisotopic (exact) mass is 376 g/mol. The molecule has 2 aromatic rings. The molecule has 8 nitrogen and oxygen atoms in total. The smallest absolute Gasteiger partial charge is 0.281 e. The van der Waals surface area contributed by atoms with E-state index >= 15 is 0 Å². The number of hydrogen-bond donors (Lipinski definition) is 0. The van der Waals surface area contributed by atoms with Crippen molar-refractivity contribution in [3.63, 3.8) is 0 Å². The molecule has 0 atom stereocenters. The largest absolute Gasteiger partial charge is 0.497 e. The van der Waals surface area contributed by atoms with Gasteiger partial charge in [0.15, 0.2) is 5.03 Å². The second kappa shape index (κ2) is 7.35. The maximum atomic E-state index is 13.5. The molecule has 1 aliphatic rings. The van der Waals surface area contributed by atoms with Crippen molar-refractivity contribution in [2.45, 2.75) is 24.5 Å². The zero-order valence-electron chi connectivity index (χ0n) is 14.7. The summed E-state index contributed by atoms with van der Waals surface area (Å²) >= 11 is 0. The van der Waals surface area contributed by atoms with Crippen LogP contribution in [-0.4, -0.2) is 38.5 Å². The van der Waals surface area contributed by atoms with Crippen LogP contribution in [0.4, 0.5) is 5.69 Å². The van der Waals surface area contributed by atoms with Gasteiger partial charge in [-0.05, 0) is 12.1 Å². The zero-order valence-corrected chi connectivity index (χ0v) is 15.5. The van der Waals surface area contributed by atoms with E-state index in [1.54, 1.807) is 31.3 Å². The maximum Gasteiger partial charge on any atom is 0.281 e. The fourth-order valence-corrected chi connectivity index (χ4v) is 4.82. The van der Waals surface area contributed by atoms with Crippen molar-refractivity contribution in [3.8, 4) is 11.8 Å². The molecule has 3 rings (SSSR count). The molecule has 0 saturated heterocycles. The van der Waals surface area contributed by atoms with Gasteiger partial charge in [-0.2, -0.15) is 18.8 Å². The lowest BCUT2D eigenvalue weighted by Gasteiger charge is -2.25. The highest BCUT2D eigenvalue weighted by Crippen LogP contribution is 2.31. The van der Waals surface area contributed by atoms with Crippen LogP contribution in [0.5, 0.6) is 5.75 Å². The van der Waals surface area contributed by atoms with Gasteiger partial charge in [0.1, 0.15) is 5.75 Å². The molecular formula is C17H20N4O4S. The number of aromatic nitrogens is 2. The molecule has 0 amide bonds. The van der Waals surface area contributed by atoms with E-state index < -0.39 is 10.0 Å². The number of rotatable bonds is 6.